The van der Waals surface area contributed by atoms with Crippen molar-refractivity contribution in [3.05, 3.63) is 101 Å². The van der Waals surface area contributed by atoms with Crippen LogP contribution in [-0.4, -0.2) is 29.8 Å². The highest BCUT2D eigenvalue weighted by Crippen LogP contribution is 2.24. The molecule has 1 aliphatic heterocycles. The van der Waals surface area contributed by atoms with Crippen molar-refractivity contribution in [3.63, 3.8) is 0 Å². The minimum absolute atomic E-state index is 0.0332. The molecule has 0 aliphatic carbocycles. The lowest BCUT2D eigenvalue weighted by Gasteiger charge is -2.32. The van der Waals surface area contributed by atoms with Crippen LogP contribution in [0.1, 0.15) is 34.3 Å². The van der Waals surface area contributed by atoms with E-state index >= 15 is 0 Å². The number of anilines is 1. The monoisotopic (exact) mass is 432 g/mol. The number of benzene rings is 3. The molecule has 3 aromatic rings. The maximum atomic E-state index is 13.1. The first-order chi connectivity index (χ1) is 15.1. The predicted octanol–water partition coefficient (Wildman–Crippen LogP) is 5.42. The number of piperidine rings is 1. The van der Waals surface area contributed by atoms with Crippen molar-refractivity contribution in [1.82, 2.24) is 4.90 Å². The van der Waals surface area contributed by atoms with Crippen molar-refractivity contribution >= 4 is 29.1 Å². The van der Waals surface area contributed by atoms with Gasteiger partial charge in [-0.05, 0) is 60.7 Å². The van der Waals surface area contributed by atoms with Crippen molar-refractivity contribution in [1.29, 1.82) is 0 Å². The molecule has 2 amide bonds. The van der Waals surface area contributed by atoms with Crippen LogP contribution < -0.4 is 5.32 Å². The van der Waals surface area contributed by atoms with Gasteiger partial charge in [-0.15, -0.1) is 0 Å². The Bertz CT molecular complexity index is 1050. The van der Waals surface area contributed by atoms with Crippen LogP contribution in [-0.2, 0) is 11.2 Å². The SMILES string of the molecule is O=C(Nc1ccccc1Cc1ccccc1)C1CCCN(C(=O)c2ccc(Cl)cc2)C1. The third-order valence-electron chi connectivity index (χ3n) is 5.68. The third kappa shape index (κ3) is 5.33. The van der Waals surface area contributed by atoms with Crippen LogP contribution in [0.2, 0.25) is 5.02 Å². The summed E-state index contributed by atoms with van der Waals surface area (Å²) < 4.78 is 0. The van der Waals surface area contributed by atoms with E-state index in [9.17, 15) is 9.59 Å². The fraction of sp³-hybridized carbons (Fsp3) is 0.231. The highest BCUT2D eigenvalue weighted by atomic mass is 35.5. The molecule has 1 unspecified atom stereocenters. The van der Waals surface area contributed by atoms with E-state index in [1.807, 2.05) is 42.5 Å². The van der Waals surface area contributed by atoms with Gasteiger partial charge in [0.2, 0.25) is 5.91 Å². The first kappa shape index (κ1) is 21.1. The molecular weight excluding hydrogens is 408 g/mol. The van der Waals surface area contributed by atoms with Crippen molar-refractivity contribution in [3.8, 4) is 0 Å². The Morgan fingerprint density at radius 1 is 0.935 bits per heavy atom. The van der Waals surface area contributed by atoms with Gasteiger partial charge in [0.05, 0.1) is 5.92 Å². The van der Waals surface area contributed by atoms with E-state index in [0.717, 1.165) is 30.5 Å². The third-order valence-corrected chi connectivity index (χ3v) is 5.94. The Morgan fingerprint density at radius 2 is 1.65 bits per heavy atom. The molecule has 0 saturated carbocycles. The van der Waals surface area contributed by atoms with Gasteiger partial charge in [0.1, 0.15) is 0 Å². The van der Waals surface area contributed by atoms with Crippen LogP contribution >= 0.6 is 11.6 Å². The molecule has 1 atom stereocenters. The largest absolute Gasteiger partial charge is 0.338 e. The van der Waals surface area contributed by atoms with Gasteiger partial charge >= 0.3 is 0 Å². The lowest BCUT2D eigenvalue weighted by molar-refractivity contribution is -0.121. The van der Waals surface area contributed by atoms with Gasteiger partial charge in [-0.1, -0.05) is 60.1 Å². The highest BCUT2D eigenvalue weighted by Gasteiger charge is 2.29. The maximum Gasteiger partial charge on any atom is 0.253 e. The summed E-state index contributed by atoms with van der Waals surface area (Å²) in [6, 6.07) is 25.0. The zero-order valence-electron chi connectivity index (χ0n) is 17.3. The summed E-state index contributed by atoms with van der Waals surface area (Å²) in [5, 5.41) is 3.71. The average molecular weight is 433 g/mol. The first-order valence-corrected chi connectivity index (χ1v) is 11.0. The van der Waals surface area contributed by atoms with Gasteiger partial charge < -0.3 is 10.2 Å². The molecule has 1 aliphatic rings. The van der Waals surface area contributed by atoms with E-state index in [1.54, 1.807) is 29.2 Å². The minimum Gasteiger partial charge on any atom is -0.338 e. The number of hydrogen-bond acceptors (Lipinski definition) is 2. The van der Waals surface area contributed by atoms with Crippen LogP contribution in [0.4, 0.5) is 5.69 Å². The summed E-state index contributed by atoms with van der Waals surface area (Å²) in [6.45, 7) is 1.09. The number of para-hydroxylation sites is 1. The average Bonchev–Trinajstić information content (AvgIpc) is 2.81. The van der Waals surface area contributed by atoms with E-state index in [1.165, 1.54) is 5.56 Å². The van der Waals surface area contributed by atoms with E-state index < -0.39 is 0 Å². The maximum absolute atomic E-state index is 13.1. The number of likely N-dealkylation sites (tertiary alicyclic amines) is 1. The van der Waals surface area contributed by atoms with Crippen molar-refractivity contribution in [2.75, 3.05) is 18.4 Å². The molecule has 5 heteroatoms. The van der Waals surface area contributed by atoms with Crippen LogP contribution in [0.25, 0.3) is 0 Å². The first-order valence-electron chi connectivity index (χ1n) is 10.6. The Hall–Kier alpha value is -3.11. The summed E-state index contributed by atoms with van der Waals surface area (Å²) in [7, 11) is 0. The van der Waals surface area contributed by atoms with Crippen LogP contribution in [0.3, 0.4) is 0 Å². The van der Waals surface area contributed by atoms with Crippen molar-refractivity contribution in [2.45, 2.75) is 19.3 Å². The molecule has 4 rings (SSSR count). The van der Waals surface area contributed by atoms with Gasteiger partial charge in [0.15, 0.2) is 0 Å². The topological polar surface area (TPSA) is 49.4 Å². The van der Waals surface area contributed by atoms with Gasteiger partial charge in [-0.2, -0.15) is 0 Å². The Balaban J connectivity index is 1.43. The molecule has 158 valence electrons. The molecule has 31 heavy (non-hydrogen) atoms. The molecule has 0 bridgehead atoms. The normalized spacial score (nSPS) is 16.0. The highest BCUT2D eigenvalue weighted by molar-refractivity contribution is 6.30. The molecule has 0 spiro atoms. The standard InChI is InChI=1S/C26H25ClN2O2/c27-23-14-12-20(13-15-23)26(31)29-16-6-10-22(18-29)25(30)28-24-11-5-4-9-21(24)17-19-7-2-1-3-8-19/h1-5,7-9,11-15,22H,6,10,16-18H2,(H,28,30). The minimum atomic E-state index is -0.227. The van der Waals surface area contributed by atoms with Crippen LogP contribution in [0, 0.1) is 5.92 Å². The fourth-order valence-electron chi connectivity index (χ4n) is 4.00. The summed E-state index contributed by atoms with van der Waals surface area (Å²) in [5.41, 5.74) is 3.70. The number of nitrogens with one attached hydrogen (secondary N) is 1. The van der Waals surface area contributed by atoms with E-state index in [-0.39, 0.29) is 17.7 Å². The molecular formula is C26H25ClN2O2. The fourth-order valence-corrected chi connectivity index (χ4v) is 4.12. The lowest BCUT2D eigenvalue weighted by atomic mass is 9.96. The van der Waals surface area contributed by atoms with Crippen molar-refractivity contribution < 1.29 is 9.59 Å². The number of rotatable bonds is 5. The van der Waals surface area contributed by atoms with E-state index in [4.69, 9.17) is 11.6 Å². The molecule has 4 nitrogen and oxygen atoms in total. The van der Waals surface area contributed by atoms with Crippen LogP contribution in [0.15, 0.2) is 78.9 Å². The summed E-state index contributed by atoms with van der Waals surface area (Å²) in [5.74, 6) is -0.317. The molecule has 1 fully saturated rings. The second-order valence-corrected chi connectivity index (χ2v) is 8.34. The molecule has 1 N–H and O–H groups in total. The number of carbonyl (C=O) groups is 2. The van der Waals surface area contributed by atoms with Gasteiger partial charge in [0.25, 0.3) is 5.91 Å². The smallest absolute Gasteiger partial charge is 0.253 e. The summed E-state index contributed by atoms with van der Waals surface area (Å²) >= 11 is 5.93. The van der Waals surface area contributed by atoms with Gasteiger partial charge in [0, 0.05) is 29.4 Å². The van der Waals surface area contributed by atoms with Crippen molar-refractivity contribution in [2.24, 2.45) is 5.92 Å². The van der Waals surface area contributed by atoms with Gasteiger partial charge in [-0.25, -0.2) is 0 Å². The molecule has 0 radical (unpaired) electrons. The zero-order chi connectivity index (χ0) is 21.6. The Morgan fingerprint density at radius 3 is 2.42 bits per heavy atom. The molecule has 0 aromatic heterocycles. The zero-order valence-corrected chi connectivity index (χ0v) is 18.0. The predicted molar refractivity (Wildman–Crippen MR) is 124 cm³/mol. The number of carbonyl (C=O) groups excluding carboxylic acids is 2. The molecule has 1 heterocycles. The number of halogens is 1. The summed E-state index contributed by atoms with van der Waals surface area (Å²) in [6.07, 6.45) is 2.34. The Kier molecular flexibility index (Phi) is 6.68. The molecule has 3 aromatic carbocycles. The quantitative estimate of drug-likeness (QED) is 0.585. The number of hydrogen-bond donors (Lipinski definition) is 1. The summed E-state index contributed by atoms with van der Waals surface area (Å²) in [4.78, 5) is 27.7. The second-order valence-electron chi connectivity index (χ2n) is 7.91. The Labute approximate surface area is 187 Å². The lowest BCUT2D eigenvalue weighted by Crippen LogP contribution is -2.43. The molecule has 1 saturated heterocycles. The number of amides is 2. The van der Waals surface area contributed by atoms with E-state index in [0.29, 0.717) is 23.7 Å². The number of nitrogens with zero attached hydrogens (tertiary/aromatic N) is 1. The van der Waals surface area contributed by atoms with Crippen LogP contribution in [0.5, 0.6) is 0 Å². The van der Waals surface area contributed by atoms with Gasteiger partial charge in [-0.3, -0.25) is 9.59 Å². The second kappa shape index (κ2) is 9.80. The van der Waals surface area contributed by atoms with E-state index in [2.05, 4.69) is 17.4 Å².